The maximum Gasteiger partial charge on any atom is 0.237 e. The number of rotatable bonds is 5. The molecule has 0 radical (unpaired) electrons. The average molecular weight is 276 g/mol. The number of carbonyl (C=O) groups is 2. The van der Waals surface area contributed by atoms with E-state index in [0.29, 0.717) is 6.54 Å². The van der Waals surface area contributed by atoms with Crippen LogP contribution in [0.4, 0.5) is 0 Å². The first-order valence-corrected chi connectivity index (χ1v) is 6.85. The highest BCUT2D eigenvalue weighted by Gasteiger charge is 2.38. The van der Waals surface area contributed by atoms with Crippen molar-refractivity contribution in [2.45, 2.75) is 40.3 Å². The number of hydrogen-bond donors (Lipinski definition) is 1. The standard InChI is InChI=1S/C16H24N2O2/c1-12(2)17-14(19)16(3,4)15(20)18(5)11-13-9-7-6-8-10-13/h6-10,12H,11H2,1-5H3,(H,17,19). The first kappa shape index (κ1) is 16.2. The van der Waals surface area contributed by atoms with Gasteiger partial charge in [-0.1, -0.05) is 30.3 Å². The minimum atomic E-state index is -1.06. The van der Waals surface area contributed by atoms with Crippen molar-refractivity contribution in [2.24, 2.45) is 5.41 Å². The summed E-state index contributed by atoms with van der Waals surface area (Å²) in [5, 5.41) is 2.80. The van der Waals surface area contributed by atoms with Gasteiger partial charge in [0, 0.05) is 19.6 Å². The molecular weight excluding hydrogens is 252 g/mol. The molecule has 0 heterocycles. The number of nitrogens with one attached hydrogen (secondary N) is 1. The van der Waals surface area contributed by atoms with E-state index in [1.54, 1.807) is 25.8 Å². The molecule has 4 heteroatoms. The Morgan fingerprint density at radius 3 is 2.25 bits per heavy atom. The Morgan fingerprint density at radius 2 is 1.75 bits per heavy atom. The quantitative estimate of drug-likeness (QED) is 0.838. The first-order valence-electron chi connectivity index (χ1n) is 6.85. The molecule has 0 aliphatic carbocycles. The number of carbonyl (C=O) groups excluding carboxylic acids is 2. The fraction of sp³-hybridized carbons (Fsp3) is 0.500. The van der Waals surface area contributed by atoms with Crippen LogP contribution in [0.5, 0.6) is 0 Å². The van der Waals surface area contributed by atoms with Crippen molar-refractivity contribution in [1.29, 1.82) is 0 Å². The molecule has 0 fully saturated rings. The Balaban J connectivity index is 2.74. The van der Waals surface area contributed by atoms with Crippen LogP contribution in [-0.4, -0.2) is 29.8 Å². The van der Waals surface area contributed by atoms with E-state index in [9.17, 15) is 9.59 Å². The molecule has 2 amide bonds. The van der Waals surface area contributed by atoms with E-state index in [1.807, 2.05) is 44.2 Å². The predicted octanol–water partition coefficient (Wildman–Crippen LogP) is 2.20. The lowest BCUT2D eigenvalue weighted by molar-refractivity contribution is -0.148. The van der Waals surface area contributed by atoms with E-state index in [0.717, 1.165) is 5.56 Å². The van der Waals surface area contributed by atoms with Gasteiger partial charge in [-0.2, -0.15) is 0 Å². The summed E-state index contributed by atoms with van der Waals surface area (Å²) in [6.07, 6.45) is 0. The summed E-state index contributed by atoms with van der Waals surface area (Å²) in [4.78, 5) is 26.2. The second kappa shape index (κ2) is 6.55. The van der Waals surface area contributed by atoms with Crippen LogP contribution in [0, 0.1) is 5.41 Å². The van der Waals surface area contributed by atoms with Gasteiger partial charge in [-0.3, -0.25) is 9.59 Å². The summed E-state index contributed by atoms with van der Waals surface area (Å²) in [7, 11) is 1.72. The third kappa shape index (κ3) is 4.08. The third-order valence-electron chi connectivity index (χ3n) is 3.13. The molecule has 0 saturated carbocycles. The lowest BCUT2D eigenvalue weighted by atomic mass is 9.90. The van der Waals surface area contributed by atoms with Crippen LogP contribution in [0.15, 0.2) is 30.3 Å². The van der Waals surface area contributed by atoms with Gasteiger partial charge in [0.1, 0.15) is 5.41 Å². The number of amides is 2. The van der Waals surface area contributed by atoms with Gasteiger partial charge in [0.25, 0.3) is 0 Å². The molecule has 0 aliphatic rings. The topological polar surface area (TPSA) is 49.4 Å². The normalized spacial score (nSPS) is 11.3. The maximum atomic E-state index is 12.5. The highest BCUT2D eigenvalue weighted by molar-refractivity contribution is 6.04. The highest BCUT2D eigenvalue weighted by atomic mass is 16.2. The van der Waals surface area contributed by atoms with Crippen molar-refractivity contribution in [1.82, 2.24) is 10.2 Å². The molecule has 0 atom stereocenters. The molecule has 20 heavy (non-hydrogen) atoms. The number of nitrogens with zero attached hydrogens (tertiary/aromatic N) is 1. The zero-order chi connectivity index (χ0) is 15.3. The van der Waals surface area contributed by atoms with Gasteiger partial charge in [0.15, 0.2) is 0 Å². The third-order valence-corrected chi connectivity index (χ3v) is 3.13. The van der Waals surface area contributed by atoms with Gasteiger partial charge in [-0.25, -0.2) is 0 Å². The maximum absolute atomic E-state index is 12.5. The summed E-state index contributed by atoms with van der Waals surface area (Å²) in [6.45, 7) is 7.58. The van der Waals surface area contributed by atoms with E-state index in [-0.39, 0.29) is 17.9 Å². The van der Waals surface area contributed by atoms with Crippen LogP contribution in [0.1, 0.15) is 33.3 Å². The summed E-state index contributed by atoms with van der Waals surface area (Å²) < 4.78 is 0. The van der Waals surface area contributed by atoms with E-state index < -0.39 is 5.41 Å². The molecule has 0 bridgehead atoms. The van der Waals surface area contributed by atoms with Crippen molar-refractivity contribution in [3.8, 4) is 0 Å². The van der Waals surface area contributed by atoms with Crippen molar-refractivity contribution >= 4 is 11.8 Å². The van der Waals surface area contributed by atoms with Gasteiger partial charge < -0.3 is 10.2 Å². The molecule has 1 rings (SSSR count). The van der Waals surface area contributed by atoms with Crippen LogP contribution in [0.3, 0.4) is 0 Å². The Hall–Kier alpha value is -1.84. The van der Waals surface area contributed by atoms with Crippen LogP contribution in [0.25, 0.3) is 0 Å². The lowest BCUT2D eigenvalue weighted by Gasteiger charge is -2.29. The van der Waals surface area contributed by atoms with Gasteiger partial charge >= 0.3 is 0 Å². The first-order chi connectivity index (χ1) is 9.25. The fourth-order valence-electron chi connectivity index (χ4n) is 1.95. The molecule has 1 aromatic rings. The average Bonchev–Trinajstić information content (AvgIpc) is 2.38. The van der Waals surface area contributed by atoms with E-state index in [1.165, 1.54) is 0 Å². The Morgan fingerprint density at radius 1 is 1.20 bits per heavy atom. The molecule has 1 aromatic carbocycles. The molecule has 0 spiro atoms. The highest BCUT2D eigenvalue weighted by Crippen LogP contribution is 2.20. The van der Waals surface area contributed by atoms with Gasteiger partial charge in [0.05, 0.1) is 0 Å². The smallest absolute Gasteiger partial charge is 0.237 e. The van der Waals surface area contributed by atoms with Crippen molar-refractivity contribution in [3.05, 3.63) is 35.9 Å². The summed E-state index contributed by atoms with van der Waals surface area (Å²) >= 11 is 0. The minimum absolute atomic E-state index is 0.0222. The zero-order valence-electron chi connectivity index (χ0n) is 12.9. The molecule has 4 nitrogen and oxygen atoms in total. The van der Waals surface area contributed by atoms with Crippen molar-refractivity contribution in [3.63, 3.8) is 0 Å². The molecular formula is C16H24N2O2. The van der Waals surface area contributed by atoms with Crippen LogP contribution in [-0.2, 0) is 16.1 Å². The van der Waals surface area contributed by atoms with Crippen LogP contribution in [0.2, 0.25) is 0 Å². The molecule has 0 saturated heterocycles. The summed E-state index contributed by atoms with van der Waals surface area (Å²) in [5.41, 5.74) is -0.0169. The van der Waals surface area contributed by atoms with Crippen LogP contribution < -0.4 is 5.32 Å². The Bertz CT molecular complexity index is 467. The monoisotopic (exact) mass is 276 g/mol. The van der Waals surface area contributed by atoms with E-state index in [2.05, 4.69) is 5.32 Å². The summed E-state index contributed by atoms with van der Waals surface area (Å²) in [5.74, 6) is -0.420. The largest absolute Gasteiger partial charge is 0.353 e. The summed E-state index contributed by atoms with van der Waals surface area (Å²) in [6, 6.07) is 9.75. The number of hydrogen-bond acceptors (Lipinski definition) is 2. The Labute approximate surface area is 121 Å². The number of benzene rings is 1. The van der Waals surface area contributed by atoms with E-state index in [4.69, 9.17) is 0 Å². The van der Waals surface area contributed by atoms with E-state index >= 15 is 0 Å². The second-order valence-electron chi connectivity index (χ2n) is 5.90. The second-order valence-corrected chi connectivity index (χ2v) is 5.90. The molecule has 0 aliphatic heterocycles. The van der Waals surface area contributed by atoms with Gasteiger partial charge in [-0.05, 0) is 33.3 Å². The SMILES string of the molecule is CC(C)NC(=O)C(C)(C)C(=O)N(C)Cc1ccccc1. The lowest BCUT2D eigenvalue weighted by Crippen LogP contribution is -2.49. The van der Waals surface area contributed by atoms with Crippen LogP contribution >= 0.6 is 0 Å². The molecule has 1 N–H and O–H groups in total. The van der Waals surface area contributed by atoms with Gasteiger partial charge in [-0.15, -0.1) is 0 Å². The molecule has 110 valence electrons. The van der Waals surface area contributed by atoms with Crippen molar-refractivity contribution < 1.29 is 9.59 Å². The fourth-order valence-corrected chi connectivity index (χ4v) is 1.95. The van der Waals surface area contributed by atoms with Gasteiger partial charge in [0.2, 0.25) is 11.8 Å². The molecule has 0 aromatic heterocycles. The molecule has 0 unspecified atom stereocenters. The predicted molar refractivity (Wildman–Crippen MR) is 80.0 cm³/mol. The Kier molecular flexibility index (Phi) is 5.31. The van der Waals surface area contributed by atoms with Crippen molar-refractivity contribution in [2.75, 3.05) is 7.05 Å². The zero-order valence-corrected chi connectivity index (χ0v) is 12.9. The minimum Gasteiger partial charge on any atom is -0.353 e.